The second-order valence-corrected chi connectivity index (χ2v) is 6.42. The van der Waals surface area contributed by atoms with E-state index in [2.05, 4.69) is 35.1 Å². The van der Waals surface area contributed by atoms with Gasteiger partial charge >= 0.3 is 0 Å². The summed E-state index contributed by atoms with van der Waals surface area (Å²) in [4.78, 5) is 0. The fraction of sp³-hybridized carbons (Fsp3) is 0.467. The Kier molecular flexibility index (Phi) is 5.61. The highest BCUT2D eigenvalue weighted by Gasteiger charge is 2.08. The normalized spacial score (nSPS) is 11.3. The first kappa shape index (κ1) is 14.8. The number of fused-ring (bicyclic) bond motifs is 1. The summed E-state index contributed by atoms with van der Waals surface area (Å²) in [5.74, 6) is 2.42. The average Bonchev–Trinajstić information content (AvgIpc) is 2.73. The third-order valence-electron chi connectivity index (χ3n) is 3.19. The Morgan fingerprint density at radius 1 is 1.37 bits per heavy atom. The Labute approximate surface area is 124 Å². The zero-order valence-corrected chi connectivity index (χ0v) is 13.2. The summed E-state index contributed by atoms with van der Waals surface area (Å²) in [5, 5.41) is 5.35. The molecule has 0 amide bonds. The van der Waals surface area contributed by atoms with E-state index in [0.29, 0.717) is 0 Å². The van der Waals surface area contributed by atoms with Gasteiger partial charge in [0.05, 0.1) is 0 Å². The standard InChI is InChI=1S/C15H21ClN2S/c1-3-19-8-4-7-18-11-12(10-17-2)14-6-5-13(16)9-15(14)18/h5-6,9,11,17H,3-4,7-8,10H2,1-2H3. The van der Waals surface area contributed by atoms with Crippen LogP contribution < -0.4 is 5.32 Å². The molecule has 0 aliphatic carbocycles. The first-order valence-electron chi connectivity index (χ1n) is 6.76. The largest absolute Gasteiger partial charge is 0.347 e. The third kappa shape index (κ3) is 3.68. The van der Waals surface area contributed by atoms with Gasteiger partial charge in [-0.15, -0.1) is 0 Å². The summed E-state index contributed by atoms with van der Waals surface area (Å²) in [5.41, 5.74) is 2.59. The number of thioether (sulfide) groups is 1. The van der Waals surface area contributed by atoms with Crippen LogP contribution in [-0.4, -0.2) is 23.1 Å². The third-order valence-corrected chi connectivity index (χ3v) is 4.41. The lowest BCUT2D eigenvalue weighted by Crippen LogP contribution is -2.04. The number of nitrogens with one attached hydrogen (secondary N) is 1. The van der Waals surface area contributed by atoms with Gasteiger partial charge in [-0.3, -0.25) is 0 Å². The van der Waals surface area contributed by atoms with Crippen molar-refractivity contribution in [2.45, 2.75) is 26.4 Å². The van der Waals surface area contributed by atoms with E-state index in [1.54, 1.807) is 0 Å². The highest BCUT2D eigenvalue weighted by atomic mass is 35.5. The summed E-state index contributed by atoms with van der Waals surface area (Å²) < 4.78 is 2.34. The van der Waals surface area contributed by atoms with E-state index in [1.807, 2.05) is 24.9 Å². The minimum atomic E-state index is 0.811. The lowest BCUT2D eigenvalue weighted by atomic mass is 10.2. The molecule has 2 nitrogen and oxygen atoms in total. The maximum absolute atomic E-state index is 6.13. The smallest absolute Gasteiger partial charge is 0.0498 e. The number of benzene rings is 1. The molecule has 0 atom stereocenters. The fourth-order valence-corrected chi connectivity index (χ4v) is 3.13. The second kappa shape index (κ2) is 7.22. The minimum absolute atomic E-state index is 0.811. The Morgan fingerprint density at radius 2 is 2.21 bits per heavy atom. The summed E-state index contributed by atoms with van der Waals surface area (Å²) in [6.45, 7) is 4.17. The molecule has 0 aliphatic heterocycles. The van der Waals surface area contributed by atoms with Crippen molar-refractivity contribution in [3.63, 3.8) is 0 Å². The number of hydrogen-bond donors (Lipinski definition) is 1. The van der Waals surface area contributed by atoms with Crippen molar-refractivity contribution >= 4 is 34.3 Å². The molecule has 0 unspecified atom stereocenters. The van der Waals surface area contributed by atoms with Gasteiger partial charge in [-0.1, -0.05) is 24.6 Å². The van der Waals surface area contributed by atoms with Crippen LogP contribution >= 0.6 is 23.4 Å². The number of aromatic nitrogens is 1. The molecule has 0 aliphatic rings. The maximum Gasteiger partial charge on any atom is 0.0498 e. The molecule has 0 spiro atoms. The van der Waals surface area contributed by atoms with E-state index < -0.39 is 0 Å². The van der Waals surface area contributed by atoms with Crippen LogP contribution in [0.3, 0.4) is 0 Å². The summed E-state index contributed by atoms with van der Waals surface area (Å²) >= 11 is 8.13. The van der Waals surface area contributed by atoms with Crippen LogP contribution in [0.5, 0.6) is 0 Å². The highest BCUT2D eigenvalue weighted by Crippen LogP contribution is 2.25. The molecule has 2 aromatic rings. The number of hydrogen-bond acceptors (Lipinski definition) is 2. The Balaban J connectivity index is 2.23. The molecule has 1 aromatic heterocycles. The molecule has 2 rings (SSSR count). The predicted molar refractivity (Wildman–Crippen MR) is 87.3 cm³/mol. The van der Waals surface area contributed by atoms with Crippen LogP contribution in [0.15, 0.2) is 24.4 Å². The van der Waals surface area contributed by atoms with Gasteiger partial charge < -0.3 is 9.88 Å². The van der Waals surface area contributed by atoms with Crippen molar-refractivity contribution in [3.8, 4) is 0 Å². The quantitative estimate of drug-likeness (QED) is 0.773. The van der Waals surface area contributed by atoms with Crippen LogP contribution in [-0.2, 0) is 13.1 Å². The zero-order valence-electron chi connectivity index (χ0n) is 11.6. The SMILES string of the molecule is CCSCCCn1cc(CNC)c2ccc(Cl)cc21. The van der Waals surface area contributed by atoms with Crippen LogP contribution in [0.4, 0.5) is 0 Å². The lowest BCUT2D eigenvalue weighted by Gasteiger charge is -2.05. The van der Waals surface area contributed by atoms with Crippen molar-refractivity contribution in [2.24, 2.45) is 0 Å². The molecule has 4 heteroatoms. The van der Waals surface area contributed by atoms with Gasteiger partial charge in [-0.2, -0.15) is 11.8 Å². The van der Waals surface area contributed by atoms with E-state index in [1.165, 1.54) is 34.4 Å². The number of halogens is 1. The van der Waals surface area contributed by atoms with Gasteiger partial charge in [0, 0.05) is 35.2 Å². The van der Waals surface area contributed by atoms with Gasteiger partial charge in [0.15, 0.2) is 0 Å². The molecule has 104 valence electrons. The van der Waals surface area contributed by atoms with E-state index in [-0.39, 0.29) is 0 Å². The predicted octanol–water partition coefficient (Wildman–Crippen LogP) is 4.16. The Bertz CT molecular complexity index is 536. The summed E-state index contributed by atoms with van der Waals surface area (Å²) in [6.07, 6.45) is 3.46. The molecule has 1 aromatic carbocycles. The zero-order chi connectivity index (χ0) is 13.7. The molecule has 0 fully saturated rings. The van der Waals surface area contributed by atoms with Gasteiger partial charge in [0.25, 0.3) is 0 Å². The van der Waals surface area contributed by atoms with E-state index >= 15 is 0 Å². The molecule has 0 saturated carbocycles. The van der Waals surface area contributed by atoms with Gasteiger partial charge in [-0.05, 0) is 42.7 Å². The minimum Gasteiger partial charge on any atom is -0.347 e. The van der Waals surface area contributed by atoms with E-state index in [4.69, 9.17) is 11.6 Å². The topological polar surface area (TPSA) is 17.0 Å². The molecule has 0 bridgehead atoms. The number of rotatable bonds is 7. The van der Waals surface area contributed by atoms with Gasteiger partial charge in [-0.25, -0.2) is 0 Å². The average molecular weight is 297 g/mol. The van der Waals surface area contributed by atoms with Crippen LogP contribution in [0.2, 0.25) is 5.02 Å². The number of nitrogens with zero attached hydrogens (tertiary/aromatic N) is 1. The first-order chi connectivity index (χ1) is 9.26. The molecule has 0 radical (unpaired) electrons. The van der Waals surface area contributed by atoms with Crippen molar-refractivity contribution in [3.05, 3.63) is 35.0 Å². The van der Waals surface area contributed by atoms with Crippen molar-refractivity contribution in [2.75, 3.05) is 18.6 Å². The van der Waals surface area contributed by atoms with Gasteiger partial charge in [0.2, 0.25) is 0 Å². The monoisotopic (exact) mass is 296 g/mol. The Morgan fingerprint density at radius 3 is 2.95 bits per heavy atom. The van der Waals surface area contributed by atoms with E-state index in [0.717, 1.165) is 18.1 Å². The van der Waals surface area contributed by atoms with Crippen molar-refractivity contribution in [1.82, 2.24) is 9.88 Å². The molecular formula is C15H21ClN2S. The van der Waals surface area contributed by atoms with Gasteiger partial charge in [0.1, 0.15) is 0 Å². The van der Waals surface area contributed by atoms with E-state index in [9.17, 15) is 0 Å². The second-order valence-electron chi connectivity index (χ2n) is 4.59. The van der Waals surface area contributed by atoms with Crippen molar-refractivity contribution < 1.29 is 0 Å². The summed E-state index contributed by atoms with van der Waals surface area (Å²) in [6, 6.07) is 6.17. The molecular weight excluding hydrogens is 276 g/mol. The highest BCUT2D eigenvalue weighted by molar-refractivity contribution is 7.99. The fourth-order valence-electron chi connectivity index (χ4n) is 2.34. The van der Waals surface area contributed by atoms with Crippen LogP contribution in [0, 0.1) is 0 Å². The van der Waals surface area contributed by atoms with Crippen molar-refractivity contribution in [1.29, 1.82) is 0 Å². The molecule has 19 heavy (non-hydrogen) atoms. The first-order valence-corrected chi connectivity index (χ1v) is 8.29. The van der Waals surface area contributed by atoms with Crippen LogP contribution in [0.1, 0.15) is 18.9 Å². The maximum atomic E-state index is 6.13. The molecule has 1 heterocycles. The van der Waals surface area contributed by atoms with Crippen LogP contribution in [0.25, 0.3) is 10.9 Å². The molecule has 0 saturated heterocycles. The molecule has 1 N–H and O–H groups in total. The lowest BCUT2D eigenvalue weighted by molar-refractivity contribution is 0.702. The number of aryl methyl sites for hydroxylation is 1. The Hall–Kier alpha value is -0.640. The summed E-state index contributed by atoms with van der Waals surface area (Å²) in [7, 11) is 1.98.